The van der Waals surface area contributed by atoms with Crippen molar-refractivity contribution in [1.29, 1.82) is 0 Å². The molecule has 1 aromatic heterocycles. The first kappa shape index (κ1) is 22.8. The lowest BCUT2D eigenvalue weighted by atomic mass is 10.0. The third-order valence-electron chi connectivity index (χ3n) is 4.25. The summed E-state index contributed by atoms with van der Waals surface area (Å²) >= 11 is 0. The number of carbonyl (C=O) groups is 1. The summed E-state index contributed by atoms with van der Waals surface area (Å²) in [6.07, 6.45) is 3.01. The van der Waals surface area contributed by atoms with Gasteiger partial charge in [0.1, 0.15) is 0 Å². The van der Waals surface area contributed by atoms with E-state index in [0.717, 1.165) is 18.4 Å². The molecule has 0 aliphatic rings. The van der Waals surface area contributed by atoms with Crippen LogP contribution in [0.25, 0.3) is 0 Å². The van der Waals surface area contributed by atoms with Gasteiger partial charge in [0.05, 0.1) is 13.2 Å². The number of hydrogen-bond donors (Lipinski definition) is 4. The summed E-state index contributed by atoms with van der Waals surface area (Å²) in [7, 11) is -5.01. The fourth-order valence-corrected chi connectivity index (χ4v) is 3.37. The largest absolute Gasteiger partial charge is 0.479 e. The maximum Gasteiger partial charge on any atom is 0.365 e. The topological polar surface area (TPSA) is 159 Å². The Balaban J connectivity index is 2.39. The van der Waals surface area contributed by atoms with Crippen LogP contribution < -0.4 is 11.2 Å². The molecule has 0 radical (unpaired) electrons. The van der Waals surface area contributed by atoms with Crippen molar-refractivity contribution in [1.82, 2.24) is 9.55 Å². The van der Waals surface area contributed by atoms with Gasteiger partial charge >= 0.3 is 19.3 Å². The summed E-state index contributed by atoms with van der Waals surface area (Å²) in [6.45, 7) is 3.24. The molecule has 158 valence electrons. The zero-order valence-electron chi connectivity index (χ0n) is 16.0. The van der Waals surface area contributed by atoms with Crippen LogP contribution in [0.3, 0.4) is 0 Å². The van der Waals surface area contributed by atoms with E-state index in [-0.39, 0.29) is 13.2 Å². The van der Waals surface area contributed by atoms with Gasteiger partial charge in [-0.2, -0.15) is 0 Å². The number of carboxylic acids is 1. The van der Waals surface area contributed by atoms with Crippen LogP contribution in [-0.2, 0) is 33.7 Å². The van der Waals surface area contributed by atoms with E-state index in [0.29, 0.717) is 16.7 Å². The Morgan fingerprint density at radius 1 is 1.28 bits per heavy atom. The normalized spacial score (nSPS) is 12.7. The number of nitrogens with one attached hydrogen (secondary N) is 1. The van der Waals surface area contributed by atoms with Crippen molar-refractivity contribution >= 4 is 13.6 Å². The van der Waals surface area contributed by atoms with E-state index in [1.807, 2.05) is 13.0 Å². The summed E-state index contributed by atoms with van der Waals surface area (Å²) in [5, 5.41) is 9.03. The molecule has 0 saturated carbocycles. The van der Waals surface area contributed by atoms with Crippen LogP contribution in [0, 0.1) is 6.92 Å². The Hall–Kier alpha value is -2.52. The van der Waals surface area contributed by atoms with E-state index in [1.165, 1.54) is 10.8 Å². The summed E-state index contributed by atoms with van der Waals surface area (Å²) in [4.78, 5) is 55.3. The van der Waals surface area contributed by atoms with E-state index < -0.39 is 30.7 Å². The zero-order chi connectivity index (χ0) is 21.8. The monoisotopic (exact) mass is 426 g/mol. The highest BCUT2D eigenvalue weighted by Gasteiger charge is 2.37. The molecule has 4 N–H and O–H groups in total. The third kappa shape index (κ3) is 5.98. The molecule has 10 nitrogen and oxygen atoms in total. The number of aryl methyl sites for hydroxylation is 2. The molecule has 1 atom stereocenters. The number of rotatable bonds is 9. The van der Waals surface area contributed by atoms with Gasteiger partial charge in [0.15, 0.2) is 0 Å². The Morgan fingerprint density at radius 2 is 1.97 bits per heavy atom. The van der Waals surface area contributed by atoms with Crippen molar-refractivity contribution in [2.45, 2.75) is 45.7 Å². The van der Waals surface area contributed by atoms with Gasteiger partial charge in [-0.3, -0.25) is 18.9 Å². The maximum atomic E-state index is 12.1. The molecule has 1 aromatic carbocycles. The molecule has 29 heavy (non-hydrogen) atoms. The van der Waals surface area contributed by atoms with Crippen molar-refractivity contribution in [3.63, 3.8) is 0 Å². The smallest absolute Gasteiger partial charge is 0.365 e. The quantitative estimate of drug-likeness (QED) is 0.431. The average molecular weight is 426 g/mol. The first-order valence-corrected chi connectivity index (χ1v) is 10.5. The van der Waals surface area contributed by atoms with Gasteiger partial charge in [-0.15, -0.1) is 0 Å². The number of H-pyrrole nitrogens is 1. The van der Waals surface area contributed by atoms with Crippen LogP contribution in [-0.4, -0.2) is 36.3 Å². The Kier molecular flexibility index (Phi) is 7.32. The van der Waals surface area contributed by atoms with Crippen LogP contribution >= 0.6 is 7.60 Å². The number of nitrogens with zero attached hydrogens (tertiary/aromatic N) is 1. The number of carboxylic acid groups (broad SMARTS) is 1. The molecule has 1 unspecified atom stereocenters. The predicted octanol–water partition coefficient (Wildman–Crippen LogP) is 0.951. The lowest BCUT2D eigenvalue weighted by molar-refractivity contribution is -0.146. The summed E-state index contributed by atoms with van der Waals surface area (Å²) in [5.74, 6) is -4.06. The maximum absolute atomic E-state index is 12.1. The molecular weight excluding hydrogens is 403 g/mol. The standard InChI is InChI=1S/C18H23N2O8P/c1-3-4-12-5-6-13(9-20-8-11(2)15(21)19-18(20)24)14(7-12)10-28-17(16(22)23)29(25,26)27/h5-8,17H,3-4,9-10H2,1-2H3,(H,22,23)(H,19,21,24)(H2,25,26,27). The van der Waals surface area contributed by atoms with E-state index in [9.17, 15) is 28.7 Å². The number of ether oxygens (including phenoxy) is 1. The van der Waals surface area contributed by atoms with Gasteiger partial charge in [-0.05, 0) is 30.0 Å². The Bertz CT molecular complexity index is 1050. The second-order valence-electron chi connectivity index (χ2n) is 6.64. The summed E-state index contributed by atoms with van der Waals surface area (Å²) in [6, 6.07) is 5.34. The number of aromatic amines is 1. The minimum atomic E-state index is -5.01. The molecule has 1 heterocycles. The first-order valence-electron chi connectivity index (χ1n) is 8.83. The highest BCUT2D eigenvalue weighted by molar-refractivity contribution is 7.53. The number of hydrogen-bond acceptors (Lipinski definition) is 5. The molecule has 0 aliphatic heterocycles. The molecule has 2 rings (SSSR count). The minimum absolute atomic E-state index is 0.0647. The van der Waals surface area contributed by atoms with E-state index in [4.69, 9.17) is 9.84 Å². The van der Waals surface area contributed by atoms with Crippen LogP contribution in [0.2, 0.25) is 0 Å². The highest BCUT2D eigenvalue weighted by Crippen LogP contribution is 2.42. The van der Waals surface area contributed by atoms with Gasteiger partial charge in [0, 0.05) is 11.8 Å². The fourth-order valence-electron chi connectivity index (χ4n) is 2.81. The average Bonchev–Trinajstić information content (AvgIpc) is 2.60. The van der Waals surface area contributed by atoms with E-state index >= 15 is 0 Å². The lowest BCUT2D eigenvalue weighted by Crippen LogP contribution is -2.31. The molecule has 0 amide bonds. The van der Waals surface area contributed by atoms with Crippen molar-refractivity contribution in [2.75, 3.05) is 0 Å². The Labute approximate surface area is 166 Å². The molecule has 11 heteroatoms. The van der Waals surface area contributed by atoms with Crippen LogP contribution in [0.5, 0.6) is 0 Å². The zero-order valence-corrected chi connectivity index (χ0v) is 16.9. The SMILES string of the molecule is CCCc1ccc(Cn2cc(C)c(=O)[nH]c2=O)c(COC(C(=O)O)P(=O)(O)O)c1. The number of benzene rings is 1. The number of aromatic nitrogens is 2. The van der Waals surface area contributed by atoms with Crippen molar-refractivity contribution in [3.8, 4) is 0 Å². The highest BCUT2D eigenvalue weighted by atomic mass is 31.2. The predicted molar refractivity (Wildman–Crippen MR) is 104 cm³/mol. The van der Waals surface area contributed by atoms with Crippen molar-refractivity contribution < 1.29 is 29.0 Å². The van der Waals surface area contributed by atoms with Crippen molar-refractivity contribution in [2.24, 2.45) is 0 Å². The lowest BCUT2D eigenvalue weighted by Gasteiger charge is -2.18. The first-order chi connectivity index (χ1) is 13.5. The van der Waals surface area contributed by atoms with Crippen LogP contribution in [0.1, 0.15) is 35.6 Å². The van der Waals surface area contributed by atoms with Crippen molar-refractivity contribution in [3.05, 3.63) is 67.5 Å². The van der Waals surface area contributed by atoms with Gasteiger partial charge in [0.25, 0.3) is 11.4 Å². The van der Waals surface area contributed by atoms with Gasteiger partial charge in [-0.25, -0.2) is 9.59 Å². The molecule has 0 spiro atoms. The number of aliphatic carboxylic acids is 1. The fraction of sp³-hybridized carbons (Fsp3) is 0.389. The molecule has 0 saturated heterocycles. The molecular formula is C18H23N2O8P. The molecule has 0 bridgehead atoms. The second kappa shape index (κ2) is 9.32. The van der Waals surface area contributed by atoms with Gasteiger partial charge < -0.3 is 19.6 Å². The third-order valence-corrected chi connectivity index (χ3v) is 5.23. The minimum Gasteiger partial charge on any atom is -0.479 e. The Morgan fingerprint density at radius 3 is 2.55 bits per heavy atom. The van der Waals surface area contributed by atoms with Gasteiger partial charge in [-0.1, -0.05) is 31.5 Å². The van der Waals surface area contributed by atoms with Crippen LogP contribution in [0.4, 0.5) is 0 Å². The molecule has 0 fully saturated rings. The molecule has 0 aliphatic carbocycles. The molecule has 2 aromatic rings. The second-order valence-corrected chi connectivity index (χ2v) is 8.29. The summed E-state index contributed by atoms with van der Waals surface area (Å²) < 4.78 is 17.7. The van der Waals surface area contributed by atoms with E-state index in [2.05, 4.69) is 4.98 Å². The van der Waals surface area contributed by atoms with Crippen LogP contribution in [0.15, 0.2) is 34.0 Å². The summed E-state index contributed by atoms with van der Waals surface area (Å²) in [5.41, 5.74) is 1.27. The van der Waals surface area contributed by atoms with E-state index in [1.54, 1.807) is 19.1 Å². The van der Waals surface area contributed by atoms with Gasteiger partial charge in [0.2, 0.25) is 0 Å².